The topological polar surface area (TPSA) is 80.7 Å². The number of carbonyl (C=O) groups is 1. The Bertz CT molecular complexity index is 792. The molecule has 1 N–H and O–H groups in total. The molecule has 0 aliphatic carbocycles. The van der Waals surface area contributed by atoms with Gasteiger partial charge in [-0.1, -0.05) is 26.0 Å². The Hall–Kier alpha value is -2.18. The maximum absolute atomic E-state index is 12.1. The van der Waals surface area contributed by atoms with Crippen molar-refractivity contribution in [3.63, 3.8) is 0 Å². The summed E-state index contributed by atoms with van der Waals surface area (Å²) in [5, 5.41) is 0. The first-order valence-corrected chi connectivity index (χ1v) is 9.08. The van der Waals surface area contributed by atoms with Crippen molar-refractivity contribution in [3.8, 4) is 5.75 Å². The number of hydrogen-bond donors (Lipinski definition) is 1. The average Bonchev–Trinajstić information content (AvgIpc) is 2.58. The Morgan fingerprint density at radius 2 is 1.67 bits per heavy atom. The van der Waals surface area contributed by atoms with Gasteiger partial charge < -0.3 is 4.74 Å². The molecule has 0 saturated carbocycles. The molecule has 1 unspecified atom stereocenters. The molecule has 1 atom stereocenters. The molecule has 0 bridgehead atoms. The number of hydrogen-bond acceptors (Lipinski definition) is 4. The van der Waals surface area contributed by atoms with E-state index >= 15 is 0 Å². The molecule has 2 rings (SSSR count). The van der Waals surface area contributed by atoms with Gasteiger partial charge in [0.15, 0.2) is 12.4 Å². The van der Waals surface area contributed by atoms with Gasteiger partial charge in [-0.05, 0) is 54.3 Å². The summed E-state index contributed by atoms with van der Waals surface area (Å²) < 4.78 is 36.3. The fourth-order valence-electron chi connectivity index (χ4n) is 2.17. The third-order valence-electron chi connectivity index (χ3n) is 3.91. The molecule has 0 radical (unpaired) electrons. The lowest BCUT2D eigenvalue weighted by Crippen LogP contribution is -2.12. The van der Waals surface area contributed by atoms with E-state index in [9.17, 15) is 13.2 Å². The molecule has 0 aliphatic heterocycles. The summed E-state index contributed by atoms with van der Waals surface area (Å²) in [6.45, 7) is 4.13. The van der Waals surface area contributed by atoms with Crippen LogP contribution in [0, 0.1) is 0 Å². The highest BCUT2D eigenvalue weighted by atomic mass is 32.2. The lowest BCUT2D eigenvalue weighted by molar-refractivity contribution is 0.0921. The summed E-state index contributed by atoms with van der Waals surface area (Å²) in [4.78, 5) is 11.8. The van der Waals surface area contributed by atoms with Gasteiger partial charge in [0.2, 0.25) is 0 Å². The van der Waals surface area contributed by atoms with Gasteiger partial charge in [0.25, 0.3) is 10.1 Å². The van der Waals surface area contributed by atoms with Gasteiger partial charge in [-0.2, -0.15) is 8.42 Å². The Kier molecular flexibility index (Phi) is 5.75. The van der Waals surface area contributed by atoms with Crippen molar-refractivity contribution in [2.75, 3.05) is 6.61 Å². The fourth-order valence-corrected chi connectivity index (χ4v) is 2.65. The monoisotopic (exact) mass is 348 g/mol. The normalized spacial score (nSPS) is 12.6. The largest absolute Gasteiger partial charge is 0.485 e. The van der Waals surface area contributed by atoms with Gasteiger partial charge in [0.05, 0.1) is 4.90 Å². The fraction of sp³-hybridized carbons (Fsp3) is 0.278. The van der Waals surface area contributed by atoms with Crippen molar-refractivity contribution in [1.29, 1.82) is 0 Å². The minimum absolute atomic E-state index is 0.145. The minimum Gasteiger partial charge on any atom is -0.485 e. The van der Waals surface area contributed by atoms with E-state index in [2.05, 4.69) is 13.8 Å². The third kappa shape index (κ3) is 4.66. The summed E-state index contributed by atoms with van der Waals surface area (Å²) in [6, 6.07) is 12.7. The second-order valence-corrected chi connectivity index (χ2v) is 7.01. The second kappa shape index (κ2) is 7.59. The van der Waals surface area contributed by atoms with E-state index in [1.165, 1.54) is 29.8 Å². The molecule has 2 aromatic rings. The van der Waals surface area contributed by atoms with Crippen molar-refractivity contribution in [3.05, 3.63) is 59.7 Å². The van der Waals surface area contributed by atoms with E-state index in [4.69, 9.17) is 9.29 Å². The van der Waals surface area contributed by atoms with E-state index in [0.717, 1.165) is 6.42 Å². The molecule has 0 aliphatic rings. The van der Waals surface area contributed by atoms with Gasteiger partial charge >= 0.3 is 0 Å². The number of rotatable bonds is 7. The van der Waals surface area contributed by atoms with Gasteiger partial charge in [0, 0.05) is 5.56 Å². The summed E-state index contributed by atoms with van der Waals surface area (Å²) in [6.07, 6.45) is 1.05. The molecule has 0 fully saturated rings. The zero-order chi connectivity index (χ0) is 17.7. The first-order chi connectivity index (χ1) is 11.3. The number of carbonyl (C=O) groups excluding carboxylic acids is 1. The predicted octanol–water partition coefficient (Wildman–Crippen LogP) is 3.71. The molecule has 5 nitrogen and oxygen atoms in total. The summed E-state index contributed by atoms with van der Waals surface area (Å²) in [5.74, 6) is 0.801. The van der Waals surface area contributed by atoms with E-state index < -0.39 is 10.1 Å². The first kappa shape index (κ1) is 18.2. The Morgan fingerprint density at radius 3 is 2.17 bits per heavy atom. The molecule has 0 amide bonds. The van der Waals surface area contributed by atoms with E-state index in [0.29, 0.717) is 17.2 Å². The van der Waals surface area contributed by atoms with Gasteiger partial charge in [-0.25, -0.2) is 0 Å². The van der Waals surface area contributed by atoms with Crippen LogP contribution < -0.4 is 4.74 Å². The Balaban J connectivity index is 1.98. The Labute approximate surface area is 142 Å². The predicted molar refractivity (Wildman–Crippen MR) is 91.2 cm³/mol. The van der Waals surface area contributed by atoms with Crippen LogP contribution in [0.3, 0.4) is 0 Å². The van der Waals surface area contributed by atoms with Crippen LogP contribution in [0.5, 0.6) is 5.75 Å². The number of ether oxygens (including phenoxy) is 1. The van der Waals surface area contributed by atoms with E-state index in [1.54, 1.807) is 0 Å². The highest BCUT2D eigenvalue weighted by molar-refractivity contribution is 7.85. The highest BCUT2D eigenvalue weighted by Crippen LogP contribution is 2.21. The minimum atomic E-state index is -4.26. The lowest BCUT2D eigenvalue weighted by Gasteiger charge is -2.10. The molecular weight excluding hydrogens is 328 g/mol. The number of benzene rings is 2. The summed E-state index contributed by atoms with van der Waals surface area (Å²) in [7, 11) is -4.26. The van der Waals surface area contributed by atoms with E-state index in [1.807, 2.05) is 24.3 Å². The average molecular weight is 348 g/mol. The third-order valence-corrected chi connectivity index (χ3v) is 4.77. The number of ketones is 1. The van der Waals surface area contributed by atoms with Crippen molar-refractivity contribution in [2.45, 2.75) is 31.1 Å². The van der Waals surface area contributed by atoms with Crippen LogP contribution in [0.2, 0.25) is 0 Å². The van der Waals surface area contributed by atoms with Gasteiger partial charge in [-0.3, -0.25) is 9.35 Å². The van der Waals surface area contributed by atoms with Crippen LogP contribution >= 0.6 is 0 Å². The molecule has 6 heteroatoms. The van der Waals surface area contributed by atoms with Crippen LogP contribution in [0.4, 0.5) is 0 Å². The van der Waals surface area contributed by atoms with Crippen LogP contribution in [0.15, 0.2) is 53.4 Å². The second-order valence-electron chi connectivity index (χ2n) is 5.59. The standard InChI is InChI=1S/C18H20O5S/c1-3-13(2)14-4-8-16(9-5-14)23-12-18(19)15-6-10-17(11-7-15)24(20,21)22/h4-11,13H,3,12H2,1-2H3,(H,20,21,22). The van der Waals surface area contributed by atoms with Crippen molar-refractivity contribution in [2.24, 2.45) is 0 Å². The molecule has 0 spiro atoms. The molecule has 0 saturated heterocycles. The van der Waals surface area contributed by atoms with Gasteiger partial charge in [0.1, 0.15) is 5.75 Å². The maximum atomic E-state index is 12.1. The lowest BCUT2D eigenvalue weighted by atomic mass is 9.99. The van der Waals surface area contributed by atoms with Crippen LogP contribution in [-0.2, 0) is 10.1 Å². The first-order valence-electron chi connectivity index (χ1n) is 7.64. The maximum Gasteiger partial charge on any atom is 0.294 e. The quantitative estimate of drug-likeness (QED) is 0.609. The van der Waals surface area contributed by atoms with Crippen LogP contribution in [-0.4, -0.2) is 25.4 Å². The summed E-state index contributed by atoms with van der Waals surface area (Å²) in [5.41, 5.74) is 1.54. The van der Waals surface area contributed by atoms with Crippen LogP contribution in [0.1, 0.15) is 42.1 Å². The summed E-state index contributed by atoms with van der Waals surface area (Å²) >= 11 is 0. The zero-order valence-electron chi connectivity index (χ0n) is 13.6. The number of Topliss-reactive ketones (excluding diaryl/α,β-unsaturated/α-hetero) is 1. The van der Waals surface area contributed by atoms with Crippen LogP contribution in [0.25, 0.3) is 0 Å². The van der Waals surface area contributed by atoms with Crippen molar-refractivity contribution in [1.82, 2.24) is 0 Å². The zero-order valence-corrected chi connectivity index (χ0v) is 14.4. The van der Waals surface area contributed by atoms with Crippen molar-refractivity contribution >= 4 is 15.9 Å². The van der Waals surface area contributed by atoms with E-state index in [-0.39, 0.29) is 17.3 Å². The molecule has 24 heavy (non-hydrogen) atoms. The highest BCUT2D eigenvalue weighted by Gasteiger charge is 2.12. The smallest absolute Gasteiger partial charge is 0.294 e. The van der Waals surface area contributed by atoms with Gasteiger partial charge in [-0.15, -0.1) is 0 Å². The molecule has 2 aromatic carbocycles. The van der Waals surface area contributed by atoms with Crippen molar-refractivity contribution < 1.29 is 22.5 Å². The Morgan fingerprint density at radius 1 is 1.08 bits per heavy atom. The molecule has 0 aromatic heterocycles. The molecule has 0 heterocycles. The molecule has 128 valence electrons. The SMILES string of the molecule is CCC(C)c1ccc(OCC(=O)c2ccc(S(=O)(=O)O)cc2)cc1. The molecular formula is C18H20O5S.